The highest BCUT2D eigenvalue weighted by atomic mass is 35.5. The summed E-state index contributed by atoms with van der Waals surface area (Å²) in [5, 5.41) is 8.26. The summed E-state index contributed by atoms with van der Waals surface area (Å²) < 4.78 is 0. The largest absolute Gasteiger partial charge is 0.384 e. The van der Waals surface area contributed by atoms with E-state index < -0.39 is 0 Å². The first-order chi connectivity index (χ1) is 7.77. The number of benzene rings is 1. The zero-order chi connectivity index (χ0) is 11.1. The fourth-order valence-electron chi connectivity index (χ4n) is 1.82. The molecule has 0 bridgehead atoms. The molecule has 16 heavy (non-hydrogen) atoms. The lowest BCUT2D eigenvalue weighted by molar-refractivity contribution is 1.10. The van der Waals surface area contributed by atoms with Gasteiger partial charge in [0.05, 0.1) is 11.2 Å². The van der Waals surface area contributed by atoms with Crippen molar-refractivity contribution in [1.82, 2.24) is 15.2 Å². The molecule has 1 aromatic carbocycles. The SMILES string of the molecule is Nc1[nH]ncc1-c1ccc2[nH]ccc2c1Cl. The van der Waals surface area contributed by atoms with Crippen molar-refractivity contribution in [3.63, 3.8) is 0 Å². The van der Waals surface area contributed by atoms with Crippen molar-refractivity contribution in [2.45, 2.75) is 0 Å². The lowest BCUT2D eigenvalue weighted by Gasteiger charge is -2.03. The van der Waals surface area contributed by atoms with E-state index in [1.54, 1.807) is 6.20 Å². The fourth-order valence-corrected chi connectivity index (χ4v) is 2.14. The lowest BCUT2D eigenvalue weighted by atomic mass is 10.1. The standard InChI is InChI=1S/C11H9ClN4/c12-10-6(8-5-15-16-11(8)13)1-2-9-7(10)3-4-14-9/h1-5,14H,(H3,13,15,16). The van der Waals surface area contributed by atoms with E-state index in [1.807, 2.05) is 24.4 Å². The predicted molar refractivity (Wildman–Crippen MR) is 65.3 cm³/mol. The Morgan fingerprint density at radius 1 is 1.19 bits per heavy atom. The van der Waals surface area contributed by atoms with Gasteiger partial charge in [-0.1, -0.05) is 17.7 Å². The van der Waals surface area contributed by atoms with Crippen LogP contribution < -0.4 is 5.73 Å². The van der Waals surface area contributed by atoms with Gasteiger partial charge in [0.2, 0.25) is 0 Å². The number of nitrogens with zero attached hydrogens (tertiary/aromatic N) is 1. The fraction of sp³-hybridized carbons (Fsp3) is 0. The molecule has 0 unspecified atom stereocenters. The van der Waals surface area contributed by atoms with Crippen molar-refractivity contribution in [1.29, 1.82) is 0 Å². The second-order valence-corrected chi connectivity index (χ2v) is 3.94. The second kappa shape index (κ2) is 3.28. The lowest BCUT2D eigenvalue weighted by Crippen LogP contribution is -1.88. The van der Waals surface area contributed by atoms with Crippen LogP contribution in [0, 0.1) is 0 Å². The van der Waals surface area contributed by atoms with E-state index in [1.165, 1.54) is 0 Å². The first kappa shape index (κ1) is 9.30. The first-order valence-corrected chi connectivity index (χ1v) is 5.20. The molecular formula is C11H9ClN4. The molecule has 0 aliphatic carbocycles. The molecule has 0 saturated heterocycles. The van der Waals surface area contributed by atoms with Crippen LogP contribution in [0.1, 0.15) is 0 Å². The van der Waals surface area contributed by atoms with Crippen molar-refractivity contribution in [3.05, 3.63) is 35.6 Å². The zero-order valence-corrected chi connectivity index (χ0v) is 9.05. The average Bonchev–Trinajstić information content (AvgIpc) is 2.88. The minimum atomic E-state index is 0.525. The van der Waals surface area contributed by atoms with Crippen molar-refractivity contribution >= 4 is 28.3 Å². The van der Waals surface area contributed by atoms with Crippen molar-refractivity contribution in [2.24, 2.45) is 0 Å². The molecule has 4 N–H and O–H groups in total. The number of nitrogens with one attached hydrogen (secondary N) is 2. The summed E-state index contributed by atoms with van der Waals surface area (Å²) in [5.41, 5.74) is 8.50. The third kappa shape index (κ3) is 1.20. The zero-order valence-electron chi connectivity index (χ0n) is 8.29. The van der Waals surface area contributed by atoms with Crippen LogP contribution in [0.15, 0.2) is 30.6 Å². The monoisotopic (exact) mass is 232 g/mol. The Bertz CT molecular complexity index is 653. The molecule has 4 nitrogen and oxygen atoms in total. The molecule has 0 atom stereocenters. The number of hydrogen-bond acceptors (Lipinski definition) is 2. The molecule has 2 aromatic heterocycles. The maximum absolute atomic E-state index is 6.33. The molecule has 3 aromatic rings. The second-order valence-electron chi connectivity index (χ2n) is 3.56. The highest BCUT2D eigenvalue weighted by Crippen LogP contribution is 2.35. The summed E-state index contributed by atoms with van der Waals surface area (Å²) in [6.45, 7) is 0. The Labute approximate surface area is 96.4 Å². The van der Waals surface area contributed by atoms with Gasteiger partial charge < -0.3 is 10.7 Å². The Morgan fingerprint density at radius 3 is 2.81 bits per heavy atom. The molecular weight excluding hydrogens is 224 g/mol. The number of fused-ring (bicyclic) bond motifs is 1. The molecule has 3 rings (SSSR count). The molecule has 80 valence electrons. The molecule has 5 heteroatoms. The number of hydrogen-bond donors (Lipinski definition) is 3. The molecule has 2 heterocycles. The van der Waals surface area contributed by atoms with Gasteiger partial charge >= 0.3 is 0 Å². The highest BCUT2D eigenvalue weighted by Gasteiger charge is 2.11. The van der Waals surface area contributed by atoms with E-state index >= 15 is 0 Å². The molecule has 0 aliphatic heterocycles. The van der Waals surface area contributed by atoms with E-state index in [0.717, 1.165) is 22.0 Å². The van der Waals surface area contributed by atoms with E-state index in [-0.39, 0.29) is 0 Å². The van der Waals surface area contributed by atoms with Crippen LogP contribution >= 0.6 is 11.6 Å². The summed E-state index contributed by atoms with van der Waals surface area (Å²) in [4.78, 5) is 3.11. The average molecular weight is 233 g/mol. The van der Waals surface area contributed by atoms with Crippen molar-refractivity contribution < 1.29 is 0 Å². The number of aromatic amines is 2. The summed E-state index contributed by atoms with van der Waals surface area (Å²) in [6, 6.07) is 5.85. The van der Waals surface area contributed by atoms with Gasteiger partial charge in [0.1, 0.15) is 5.82 Å². The minimum absolute atomic E-state index is 0.525. The number of H-pyrrole nitrogens is 2. The molecule has 0 fully saturated rings. The van der Waals surface area contributed by atoms with E-state index in [0.29, 0.717) is 10.8 Å². The Kier molecular flexibility index (Phi) is 1.91. The van der Waals surface area contributed by atoms with E-state index in [2.05, 4.69) is 15.2 Å². The Balaban J connectivity index is 2.32. The van der Waals surface area contributed by atoms with E-state index in [4.69, 9.17) is 17.3 Å². The molecule has 0 aliphatic rings. The molecule has 0 spiro atoms. The minimum Gasteiger partial charge on any atom is -0.384 e. The van der Waals surface area contributed by atoms with Gasteiger partial charge in [0.15, 0.2) is 0 Å². The van der Waals surface area contributed by atoms with Gasteiger partial charge in [-0.15, -0.1) is 0 Å². The van der Waals surface area contributed by atoms with Crippen LogP contribution in [0.25, 0.3) is 22.0 Å². The third-order valence-corrected chi connectivity index (χ3v) is 3.03. The van der Waals surface area contributed by atoms with Crippen LogP contribution in [0.4, 0.5) is 5.82 Å². The van der Waals surface area contributed by atoms with Gasteiger partial charge in [-0.2, -0.15) is 5.10 Å². The topological polar surface area (TPSA) is 70.5 Å². The number of anilines is 1. The van der Waals surface area contributed by atoms with Crippen LogP contribution in [0.5, 0.6) is 0 Å². The first-order valence-electron chi connectivity index (χ1n) is 4.82. The van der Waals surface area contributed by atoms with E-state index in [9.17, 15) is 0 Å². The third-order valence-electron chi connectivity index (χ3n) is 2.63. The summed E-state index contributed by atoms with van der Waals surface area (Å²) in [6.07, 6.45) is 3.54. The molecule has 0 saturated carbocycles. The highest BCUT2D eigenvalue weighted by molar-refractivity contribution is 6.38. The quantitative estimate of drug-likeness (QED) is 0.604. The Morgan fingerprint density at radius 2 is 2.06 bits per heavy atom. The van der Waals surface area contributed by atoms with Gasteiger partial charge in [0, 0.05) is 28.2 Å². The van der Waals surface area contributed by atoms with Crippen LogP contribution in [0.2, 0.25) is 5.02 Å². The number of aromatic nitrogens is 3. The Hall–Kier alpha value is -1.94. The normalized spacial score (nSPS) is 11.1. The number of rotatable bonds is 1. The van der Waals surface area contributed by atoms with Gasteiger partial charge in [-0.3, -0.25) is 5.10 Å². The maximum Gasteiger partial charge on any atom is 0.126 e. The van der Waals surface area contributed by atoms with Crippen LogP contribution in [0.3, 0.4) is 0 Å². The van der Waals surface area contributed by atoms with Gasteiger partial charge in [-0.05, 0) is 12.1 Å². The van der Waals surface area contributed by atoms with Crippen LogP contribution in [-0.2, 0) is 0 Å². The van der Waals surface area contributed by atoms with Crippen LogP contribution in [-0.4, -0.2) is 15.2 Å². The van der Waals surface area contributed by atoms with Gasteiger partial charge in [0.25, 0.3) is 0 Å². The maximum atomic E-state index is 6.33. The van der Waals surface area contributed by atoms with Crippen molar-refractivity contribution in [3.8, 4) is 11.1 Å². The number of halogens is 1. The summed E-state index contributed by atoms with van der Waals surface area (Å²) in [7, 11) is 0. The van der Waals surface area contributed by atoms with Gasteiger partial charge in [-0.25, -0.2) is 0 Å². The summed E-state index contributed by atoms with van der Waals surface area (Å²) in [5.74, 6) is 0.525. The predicted octanol–water partition coefficient (Wildman–Crippen LogP) is 2.79. The van der Waals surface area contributed by atoms with Crippen molar-refractivity contribution in [2.75, 3.05) is 5.73 Å². The number of nitrogen functional groups attached to an aromatic ring is 1. The number of nitrogens with two attached hydrogens (primary N) is 1. The smallest absolute Gasteiger partial charge is 0.126 e. The molecule has 0 amide bonds. The summed E-state index contributed by atoms with van der Waals surface area (Å²) >= 11 is 6.33. The molecule has 0 radical (unpaired) electrons.